The van der Waals surface area contributed by atoms with E-state index < -0.39 is 5.91 Å². The van der Waals surface area contributed by atoms with Gasteiger partial charge in [-0.3, -0.25) is 4.79 Å². The summed E-state index contributed by atoms with van der Waals surface area (Å²) in [5, 5.41) is 16.4. The number of halogens is 1. The molecule has 0 aromatic heterocycles. The lowest BCUT2D eigenvalue weighted by molar-refractivity contribution is -0.113. The number of hydrogen-bond acceptors (Lipinski definition) is 4. The van der Waals surface area contributed by atoms with Crippen molar-refractivity contribution >= 4 is 34.6 Å². The molecule has 0 saturated carbocycles. The predicted molar refractivity (Wildman–Crippen MR) is 86.9 cm³/mol. The summed E-state index contributed by atoms with van der Waals surface area (Å²) in [6.07, 6.45) is 0. The van der Waals surface area contributed by atoms with Crippen molar-refractivity contribution in [3.05, 3.63) is 65.1 Å². The monoisotopic (exact) mass is 331 g/mol. The summed E-state index contributed by atoms with van der Waals surface area (Å²) < 4.78 is 0. The Morgan fingerprint density at radius 3 is 2.48 bits per heavy atom. The van der Waals surface area contributed by atoms with Gasteiger partial charge >= 0.3 is 0 Å². The molecule has 1 radical (unpaired) electrons. The highest BCUT2D eigenvalue weighted by molar-refractivity contribution is 6.30. The van der Waals surface area contributed by atoms with Gasteiger partial charge in [0.1, 0.15) is 0 Å². The fourth-order valence-corrected chi connectivity index (χ4v) is 2.57. The topological polar surface area (TPSA) is 101 Å². The molecule has 2 aliphatic heterocycles. The van der Waals surface area contributed by atoms with Crippen LogP contribution in [0.25, 0.3) is 0 Å². The number of nitrogens with zero attached hydrogens (tertiary/aromatic N) is 3. The Labute approximate surface area is 136 Å². The van der Waals surface area contributed by atoms with Crippen LogP contribution in [0.4, 0.5) is 17.1 Å². The average molecular weight is 332 g/mol. The molecule has 2 aromatic rings. The van der Waals surface area contributed by atoms with Gasteiger partial charge in [-0.05, 0) is 41.9 Å². The van der Waals surface area contributed by atoms with E-state index in [1.165, 1.54) is 10.0 Å². The van der Waals surface area contributed by atoms with Crippen LogP contribution in [0.3, 0.4) is 0 Å². The van der Waals surface area contributed by atoms with Crippen molar-refractivity contribution in [2.75, 3.05) is 15.3 Å². The van der Waals surface area contributed by atoms with Gasteiger partial charge in [0.25, 0.3) is 5.91 Å². The van der Waals surface area contributed by atoms with Crippen molar-refractivity contribution in [3.8, 4) is 0 Å². The summed E-state index contributed by atoms with van der Waals surface area (Å²) in [5.41, 5.74) is 6.36. The summed E-state index contributed by atoms with van der Waals surface area (Å²) in [7, 11) is 0. The Kier molecular flexibility index (Phi) is 3.61. The van der Waals surface area contributed by atoms with E-state index in [0.717, 1.165) is 0 Å². The van der Waals surface area contributed by atoms with E-state index in [0.29, 0.717) is 22.1 Å². The summed E-state index contributed by atoms with van der Waals surface area (Å²) in [5.74, 6) is -0.634. The number of carbonyl (C=O) groups is 1. The summed E-state index contributed by atoms with van der Waals surface area (Å²) in [6, 6.07) is 14.1. The van der Waals surface area contributed by atoms with Crippen molar-refractivity contribution in [1.82, 2.24) is 5.53 Å². The lowest BCUT2D eigenvalue weighted by Crippen LogP contribution is -2.39. The molecule has 2 aromatic carbocycles. The quantitative estimate of drug-likeness (QED) is 0.833. The van der Waals surface area contributed by atoms with E-state index in [9.17, 15) is 9.90 Å². The third kappa shape index (κ3) is 2.27. The number of carbonyl (C=O) groups excluding carboxylic acids is 1. The predicted octanol–water partition coefficient (Wildman–Crippen LogP) is 1.96. The number of fused-ring (bicyclic) bond motifs is 3. The molecule has 117 valence electrons. The van der Waals surface area contributed by atoms with E-state index >= 15 is 0 Å². The maximum atomic E-state index is 12.2. The van der Waals surface area contributed by atoms with Gasteiger partial charge in [0.15, 0.2) is 5.70 Å². The Hall–Kier alpha value is -2.74. The highest BCUT2D eigenvalue weighted by Gasteiger charge is 2.41. The van der Waals surface area contributed by atoms with Crippen molar-refractivity contribution in [2.24, 2.45) is 0 Å². The molecule has 0 aliphatic carbocycles. The Morgan fingerprint density at radius 1 is 1.04 bits per heavy atom. The van der Waals surface area contributed by atoms with E-state index in [1.807, 2.05) is 18.2 Å². The van der Waals surface area contributed by atoms with Crippen LogP contribution in [0.1, 0.15) is 0 Å². The van der Waals surface area contributed by atoms with Crippen LogP contribution in [0, 0.1) is 0 Å². The molecular formula is C15H12ClN4O3. The molecule has 2 aliphatic rings. The third-order valence-corrected chi connectivity index (χ3v) is 3.72. The molecule has 7 nitrogen and oxygen atoms in total. The molecule has 0 saturated heterocycles. The first-order chi connectivity index (χ1) is 10.6. The number of rotatable bonds is 1. The minimum absolute atomic E-state index is 0. The number of aliphatic hydroxyl groups excluding tert-OH is 1. The average Bonchev–Trinajstić information content (AvgIpc) is 2.87. The molecule has 1 amide bonds. The van der Waals surface area contributed by atoms with Crippen LogP contribution in [-0.4, -0.2) is 16.5 Å². The molecule has 0 bridgehead atoms. The fraction of sp³-hybridized carbons (Fsp3) is 0. The number of para-hydroxylation sites is 2. The summed E-state index contributed by atoms with van der Waals surface area (Å²) in [4.78, 5) is 12.2. The van der Waals surface area contributed by atoms with Crippen LogP contribution >= 0.6 is 11.6 Å². The van der Waals surface area contributed by atoms with Crippen LogP contribution in [0.15, 0.2) is 60.1 Å². The summed E-state index contributed by atoms with van der Waals surface area (Å²) >= 11 is 5.87. The zero-order chi connectivity index (χ0) is 15.3. The van der Waals surface area contributed by atoms with Crippen LogP contribution in [0.2, 0.25) is 5.02 Å². The van der Waals surface area contributed by atoms with E-state index in [-0.39, 0.29) is 17.1 Å². The first kappa shape index (κ1) is 15.2. The standard InChI is InChI=1S/C15H10ClN4O2.H2O/c16-9-5-7-10(8-6-9)19-15(22)13-14(21)17-11-3-1-2-4-12(11)20(13)18-19;/h1-8,22H,(H,17,21);1H2. The van der Waals surface area contributed by atoms with Crippen molar-refractivity contribution in [1.29, 1.82) is 0 Å². The molecule has 23 heavy (non-hydrogen) atoms. The third-order valence-electron chi connectivity index (χ3n) is 3.47. The number of nitrogens with one attached hydrogen (secondary N) is 1. The second-order valence-electron chi connectivity index (χ2n) is 4.83. The molecular weight excluding hydrogens is 320 g/mol. The van der Waals surface area contributed by atoms with E-state index in [4.69, 9.17) is 11.6 Å². The molecule has 0 fully saturated rings. The number of hydrogen-bond donors (Lipinski definition) is 2. The lowest BCUT2D eigenvalue weighted by atomic mass is 10.2. The molecule has 4 N–H and O–H groups in total. The molecule has 8 heteroatoms. The van der Waals surface area contributed by atoms with Crippen LogP contribution in [0.5, 0.6) is 0 Å². The Balaban J connectivity index is 0.00000156. The normalized spacial score (nSPS) is 15.8. The number of aliphatic hydroxyl groups is 1. The fourth-order valence-electron chi connectivity index (χ4n) is 2.44. The van der Waals surface area contributed by atoms with Crippen LogP contribution in [-0.2, 0) is 4.79 Å². The smallest absolute Gasteiger partial charge is 0.279 e. The van der Waals surface area contributed by atoms with Gasteiger partial charge in [-0.1, -0.05) is 23.7 Å². The second kappa shape index (κ2) is 5.47. The molecule has 0 unspecified atom stereocenters. The highest BCUT2D eigenvalue weighted by Crippen LogP contribution is 2.38. The zero-order valence-electron chi connectivity index (χ0n) is 11.7. The zero-order valence-corrected chi connectivity index (χ0v) is 12.4. The van der Waals surface area contributed by atoms with Gasteiger partial charge in [-0.2, -0.15) is 0 Å². The molecule has 0 spiro atoms. The maximum Gasteiger partial charge on any atom is 0.279 e. The minimum atomic E-state index is -0.406. The van der Waals surface area contributed by atoms with E-state index in [1.54, 1.807) is 30.3 Å². The minimum Gasteiger partial charge on any atom is -0.492 e. The Morgan fingerprint density at radius 2 is 1.74 bits per heavy atom. The second-order valence-corrected chi connectivity index (χ2v) is 5.27. The molecule has 4 rings (SSSR count). The summed E-state index contributed by atoms with van der Waals surface area (Å²) in [6.45, 7) is 0. The van der Waals surface area contributed by atoms with Crippen molar-refractivity contribution in [2.45, 2.75) is 0 Å². The molecule has 2 heterocycles. The first-order valence-electron chi connectivity index (χ1n) is 6.56. The van der Waals surface area contributed by atoms with Gasteiger partial charge in [-0.25, -0.2) is 10.0 Å². The van der Waals surface area contributed by atoms with Gasteiger partial charge < -0.3 is 15.9 Å². The molecule has 0 atom stereocenters. The number of benzene rings is 2. The Bertz CT molecular complexity index is 807. The lowest BCUT2D eigenvalue weighted by Gasteiger charge is -2.26. The first-order valence-corrected chi connectivity index (χ1v) is 6.94. The van der Waals surface area contributed by atoms with Gasteiger partial charge in [0.05, 0.1) is 17.1 Å². The SMILES string of the molecule is O.O=C1Nc2ccccc2N2[N]N(c3ccc(Cl)cc3)C(O)=C12. The highest BCUT2D eigenvalue weighted by atomic mass is 35.5. The van der Waals surface area contributed by atoms with Crippen molar-refractivity contribution in [3.63, 3.8) is 0 Å². The van der Waals surface area contributed by atoms with Gasteiger partial charge in [0.2, 0.25) is 5.88 Å². The largest absolute Gasteiger partial charge is 0.492 e. The number of amides is 1. The van der Waals surface area contributed by atoms with Crippen LogP contribution < -0.4 is 20.9 Å². The van der Waals surface area contributed by atoms with Gasteiger partial charge in [0, 0.05) is 5.02 Å². The maximum absolute atomic E-state index is 12.2. The van der Waals surface area contributed by atoms with Crippen molar-refractivity contribution < 1.29 is 15.4 Å². The van der Waals surface area contributed by atoms with Gasteiger partial charge in [-0.15, -0.1) is 0 Å². The number of anilines is 3. The van der Waals surface area contributed by atoms with E-state index in [2.05, 4.69) is 10.9 Å².